The van der Waals surface area contributed by atoms with Gasteiger partial charge in [0.15, 0.2) is 5.82 Å². The summed E-state index contributed by atoms with van der Waals surface area (Å²) in [6, 6.07) is 10.8. The lowest BCUT2D eigenvalue weighted by Crippen LogP contribution is -2.19. The monoisotopic (exact) mass is 384 g/mol. The minimum atomic E-state index is -3.93. The Hall–Kier alpha value is -3.40. The van der Waals surface area contributed by atoms with Gasteiger partial charge in [-0.1, -0.05) is 6.07 Å². The molecule has 0 aliphatic heterocycles. The van der Waals surface area contributed by atoms with Gasteiger partial charge in [0, 0.05) is 18.8 Å². The summed E-state index contributed by atoms with van der Waals surface area (Å²) in [5.74, 6) is 0.188. The molecule has 0 radical (unpaired) electrons. The molecule has 1 aromatic carbocycles. The lowest BCUT2D eigenvalue weighted by molar-refractivity contribution is 0.0963. The molecule has 0 aliphatic carbocycles. The van der Waals surface area contributed by atoms with E-state index in [9.17, 15) is 13.2 Å². The number of amides is 1. The van der Waals surface area contributed by atoms with Crippen LogP contribution in [0.5, 0.6) is 0 Å². The van der Waals surface area contributed by atoms with Gasteiger partial charge in [0.1, 0.15) is 11.5 Å². The molecule has 0 spiro atoms. The van der Waals surface area contributed by atoms with Crippen LogP contribution >= 0.6 is 0 Å². The van der Waals surface area contributed by atoms with Crippen LogP contribution in [-0.2, 0) is 10.0 Å². The largest absolute Gasteiger partial charge is 0.355 e. The van der Waals surface area contributed by atoms with Crippen molar-refractivity contribution in [2.75, 3.05) is 11.8 Å². The van der Waals surface area contributed by atoms with Gasteiger partial charge in [-0.05, 0) is 43.3 Å². The van der Waals surface area contributed by atoms with Gasteiger partial charge in [0.25, 0.3) is 15.9 Å². The van der Waals surface area contributed by atoms with E-state index in [2.05, 4.69) is 30.0 Å². The predicted molar refractivity (Wildman–Crippen MR) is 98.4 cm³/mol. The maximum absolute atomic E-state index is 12.6. The average molecular weight is 384 g/mol. The molecule has 0 bridgehead atoms. The highest BCUT2D eigenvalue weighted by molar-refractivity contribution is 7.92. The van der Waals surface area contributed by atoms with Crippen LogP contribution in [0.1, 0.15) is 16.2 Å². The van der Waals surface area contributed by atoms with Crippen LogP contribution in [0.25, 0.3) is 11.5 Å². The number of benzene rings is 1. The Labute approximate surface area is 156 Å². The molecule has 3 aromatic rings. The van der Waals surface area contributed by atoms with Crippen molar-refractivity contribution in [3.8, 4) is 11.5 Å². The number of carbonyl (C=O) groups is 1. The first-order valence-electron chi connectivity index (χ1n) is 7.88. The topological polar surface area (TPSA) is 127 Å². The number of hydrogen-bond donors (Lipinski definition) is 2. The standard InChI is InChI=1S/C17H16N6O3S/c1-11-20-15(14-5-3-4-10-19-14)22-17(21-11)23-27(25,26)13-8-6-12(7-9-13)16(24)18-2/h3-10H,1-2H3,(H,18,24)(H,20,21,22,23). The summed E-state index contributed by atoms with van der Waals surface area (Å²) in [6.45, 7) is 1.63. The molecule has 138 valence electrons. The Bertz CT molecular complexity index is 1070. The number of aryl methyl sites for hydroxylation is 1. The number of carbonyl (C=O) groups excluding carboxylic acids is 1. The zero-order valence-electron chi connectivity index (χ0n) is 14.5. The van der Waals surface area contributed by atoms with Gasteiger partial charge in [-0.3, -0.25) is 9.78 Å². The first-order valence-corrected chi connectivity index (χ1v) is 9.36. The zero-order valence-corrected chi connectivity index (χ0v) is 15.4. The van der Waals surface area contributed by atoms with Crippen LogP contribution < -0.4 is 10.0 Å². The Morgan fingerprint density at radius 2 is 1.74 bits per heavy atom. The molecule has 9 nitrogen and oxygen atoms in total. The van der Waals surface area contributed by atoms with Gasteiger partial charge in [-0.2, -0.15) is 9.97 Å². The molecule has 2 heterocycles. The number of nitrogens with one attached hydrogen (secondary N) is 2. The van der Waals surface area contributed by atoms with Crippen molar-refractivity contribution >= 4 is 21.9 Å². The Kier molecular flexibility index (Phi) is 5.08. The van der Waals surface area contributed by atoms with Crippen molar-refractivity contribution in [3.05, 3.63) is 60.0 Å². The zero-order chi connectivity index (χ0) is 19.4. The fraction of sp³-hybridized carbons (Fsp3) is 0.118. The van der Waals surface area contributed by atoms with Crippen molar-refractivity contribution in [3.63, 3.8) is 0 Å². The van der Waals surface area contributed by atoms with Crippen LogP contribution in [0, 0.1) is 6.92 Å². The van der Waals surface area contributed by atoms with Crippen LogP contribution in [0.4, 0.5) is 5.95 Å². The smallest absolute Gasteiger partial charge is 0.264 e. The molecule has 0 saturated carbocycles. The quantitative estimate of drug-likeness (QED) is 0.681. The van der Waals surface area contributed by atoms with Gasteiger partial charge < -0.3 is 5.32 Å². The lowest BCUT2D eigenvalue weighted by Gasteiger charge is -2.09. The second-order valence-corrected chi connectivity index (χ2v) is 7.14. The lowest BCUT2D eigenvalue weighted by atomic mass is 10.2. The molecule has 2 N–H and O–H groups in total. The minimum Gasteiger partial charge on any atom is -0.355 e. The van der Waals surface area contributed by atoms with Gasteiger partial charge in [-0.15, -0.1) is 0 Å². The first-order chi connectivity index (χ1) is 12.9. The molecule has 27 heavy (non-hydrogen) atoms. The molecule has 0 unspecified atom stereocenters. The summed E-state index contributed by atoms with van der Waals surface area (Å²) in [5.41, 5.74) is 0.850. The average Bonchev–Trinajstić information content (AvgIpc) is 2.67. The SMILES string of the molecule is CNC(=O)c1ccc(S(=O)(=O)Nc2nc(C)nc(-c3ccccn3)n2)cc1. The molecule has 0 saturated heterocycles. The third-order valence-electron chi connectivity index (χ3n) is 3.52. The van der Waals surface area contributed by atoms with E-state index in [1.165, 1.54) is 31.3 Å². The maximum Gasteiger partial charge on any atom is 0.264 e. The van der Waals surface area contributed by atoms with Gasteiger partial charge >= 0.3 is 0 Å². The summed E-state index contributed by atoms with van der Waals surface area (Å²) in [4.78, 5) is 28.0. The number of rotatable bonds is 5. The predicted octanol–water partition coefficient (Wildman–Crippen LogP) is 1.40. The van der Waals surface area contributed by atoms with E-state index < -0.39 is 10.0 Å². The Morgan fingerprint density at radius 1 is 1.00 bits per heavy atom. The molecule has 1 amide bonds. The number of sulfonamides is 1. The van der Waals surface area contributed by atoms with Gasteiger partial charge in [-0.25, -0.2) is 18.1 Å². The van der Waals surface area contributed by atoms with Crippen molar-refractivity contribution in [1.29, 1.82) is 0 Å². The number of aromatic nitrogens is 4. The Morgan fingerprint density at radius 3 is 2.37 bits per heavy atom. The normalized spacial score (nSPS) is 11.0. The van der Waals surface area contributed by atoms with Crippen LogP contribution in [0.3, 0.4) is 0 Å². The number of nitrogens with zero attached hydrogens (tertiary/aromatic N) is 4. The minimum absolute atomic E-state index is 0.0207. The van der Waals surface area contributed by atoms with Crippen molar-refractivity contribution in [2.45, 2.75) is 11.8 Å². The summed E-state index contributed by atoms with van der Waals surface area (Å²) < 4.78 is 27.5. The third-order valence-corrected chi connectivity index (χ3v) is 4.86. The summed E-state index contributed by atoms with van der Waals surface area (Å²) in [7, 11) is -2.44. The van der Waals surface area contributed by atoms with Gasteiger partial charge in [0.05, 0.1) is 4.90 Å². The summed E-state index contributed by atoms with van der Waals surface area (Å²) >= 11 is 0. The molecular formula is C17H16N6O3S. The number of hydrogen-bond acceptors (Lipinski definition) is 7. The second kappa shape index (κ2) is 7.46. The maximum atomic E-state index is 12.6. The highest BCUT2D eigenvalue weighted by atomic mass is 32.2. The van der Waals surface area contributed by atoms with E-state index in [1.807, 2.05) is 0 Å². The molecule has 2 aromatic heterocycles. The molecule has 10 heteroatoms. The van der Waals surface area contributed by atoms with Crippen molar-refractivity contribution in [1.82, 2.24) is 25.3 Å². The number of anilines is 1. The second-order valence-electron chi connectivity index (χ2n) is 5.45. The van der Waals surface area contributed by atoms with Crippen molar-refractivity contribution in [2.24, 2.45) is 0 Å². The molecule has 0 fully saturated rings. The highest BCUT2D eigenvalue weighted by Crippen LogP contribution is 2.17. The molecule has 0 aliphatic rings. The van der Waals surface area contributed by atoms with E-state index in [0.29, 0.717) is 17.1 Å². The molecular weight excluding hydrogens is 368 g/mol. The Balaban J connectivity index is 1.90. The fourth-order valence-corrected chi connectivity index (χ4v) is 3.19. The van der Waals surface area contributed by atoms with E-state index >= 15 is 0 Å². The summed E-state index contributed by atoms with van der Waals surface area (Å²) in [5, 5.41) is 2.47. The fourth-order valence-electron chi connectivity index (χ4n) is 2.25. The van der Waals surface area contributed by atoms with Crippen LogP contribution in [0.15, 0.2) is 53.6 Å². The van der Waals surface area contributed by atoms with Crippen LogP contribution in [-0.4, -0.2) is 41.3 Å². The summed E-state index contributed by atoms with van der Waals surface area (Å²) in [6.07, 6.45) is 1.59. The first kappa shape index (κ1) is 18.4. The van der Waals surface area contributed by atoms with E-state index in [1.54, 1.807) is 31.3 Å². The van der Waals surface area contributed by atoms with E-state index in [-0.39, 0.29) is 22.6 Å². The molecule has 3 rings (SSSR count). The highest BCUT2D eigenvalue weighted by Gasteiger charge is 2.18. The van der Waals surface area contributed by atoms with Gasteiger partial charge in [0.2, 0.25) is 5.95 Å². The van der Waals surface area contributed by atoms with Crippen molar-refractivity contribution < 1.29 is 13.2 Å². The third kappa shape index (κ3) is 4.23. The van der Waals surface area contributed by atoms with E-state index in [0.717, 1.165) is 0 Å². The molecule has 0 atom stereocenters. The van der Waals surface area contributed by atoms with Crippen LogP contribution in [0.2, 0.25) is 0 Å². The van der Waals surface area contributed by atoms with E-state index in [4.69, 9.17) is 0 Å². The number of pyridine rings is 1.